The molecule has 23 heavy (non-hydrogen) atoms. The van der Waals surface area contributed by atoms with Crippen molar-refractivity contribution < 1.29 is 9.53 Å². The Morgan fingerprint density at radius 2 is 1.61 bits per heavy atom. The van der Waals surface area contributed by atoms with Crippen molar-refractivity contribution >= 4 is 23.6 Å². The number of hydrogen-bond acceptors (Lipinski definition) is 4. The van der Waals surface area contributed by atoms with Crippen molar-refractivity contribution in [2.45, 2.75) is 54.9 Å². The van der Waals surface area contributed by atoms with Crippen LogP contribution in [0.2, 0.25) is 0 Å². The monoisotopic (exact) mass is 341 g/mol. The summed E-state index contributed by atoms with van der Waals surface area (Å²) in [5.74, 6) is -0.197. The van der Waals surface area contributed by atoms with Crippen molar-refractivity contribution in [1.29, 1.82) is 0 Å². The number of hydrogen-bond donors (Lipinski definition) is 1. The number of carbonyl (C=O) groups excluding carboxylic acids is 1. The highest BCUT2D eigenvalue weighted by molar-refractivity contribution is 7.99. The zero-order chi connectivity index (χ0) is 19.0. The standard InChI is InChI=1S/C13H19NO2S.2C2H6.C2H4/c1-8-6-12(14-17-5)10(3)11(9(8)2)7-13(15)16-4;3*1-2/h6,14H,7H2,1-5H3;2*1-2H3;1-2H2. The Labute approximate surface area is 148 Å². The Morgan fingerprint density at radius 1 is 1.13 bits per heavy atom. The highest BCUT2D eigenvalue weighted by Gasteiger charge is 2.13. The van der Waals surface area contributed by atoms with E-state index in [2.05, 4.69) is 30.9 Å². The molecule has 0 atom stereocenters. The minimum atomic E-state index is -0.197. The van der Waals surface area contributed by atoms with Crippen LogP contribution in [0.5, 0.6) is 0 Å². The van der Waals surface area contributed by atoms with E-state index < -0.39 is 0 Å². The van der Waals surface area contributed by atoms with Gasteiger partial charge in [-0.1, -0.05) is 39.6 Å². The van der Waals surface area contributed by atoms with Crippen LogP contribution in [0, 0.1) is 20.8 Å². The molecule has 0 radical (unpaired) electrons. The molecule has 0 heterocycles. The van der Waals surface area contributed by atoms with Crippen molar-refractivity contribution in [3.05, 3.63) is 41.5 Å². The fraction of sp³-hybridized carbons (Fsp3) is 0.526. The van der Waals surface area contributed by atoms with Crippen LogP contribution in [0.1, 0.15) is 49.9 Å². The van der Waals surface area contributed by atoms with Gasteiger partial charge in [-0.15, -0.1) is 13.2 Å². The molecule has 3 nitrogen and oxygen atoms in total. The third-order valence-electron chi connectivity index (χ3n) is 3.02. The van der Waals surface area contributed by atoms with Gasteiger partial charge < -0.3 is 9.46 Å². The van der Waals surface area contributed by atoms with E-state index in [-0.39, 0.29) is 5.97 Å². The average Bonchev–Trinajstić information content (AvgIpc) is 2.61. The summed E-state index contributed by atoms with van der Waals surface area (Å²) in [4.78, 5) is 11.4. The summed E-state index contributed by atoms with van der Waals surface area (Å²) in [7, 11) is 1.42. The predicted octanol–water partition coefficient (Wildman–Crippen LogP) is 5.87. The number of carbonyl (C=O) groups is 1. The van der Waals surface area contributed by atoms with E-state index >= 15 is 0 Å². The molecular weight excluding hydrogens is 306 g/mol. The van der Waals surface area contributed by atoms with E-state index in [1.807, 2.05) is 47.8 Å². The normalized spacial score (nSPS) is 8.22. The second-order valence-corrected chi connectivity index (χ2v) is 4.64. The number of ether oxygens (including phenoxy) is 1. The van der Waals surface area contributed by atoms with E-state index in [1.165, 1.54) is 18.2 Å². The Hall–Kier alpha value is -1.42. The van der Waals surface area contributed by atoms with E-state index in [9.17, 15) is 4.79 Å². The average molecular weight is 342 g/mol. The molecule has 0 fully saturated rings. The van der Waals surface area contributed by atoms with Crippen LogP contribution in [-0.2, 0) is 16.0 Å². The van der Waals surface area contributed by atoms with Crippen molar-refractivity contribution in [2.24, 2.45) is 0 Å². The largest absolute Gasteiger partial charge is 0.469 e. The minimum Gasteiger partial charge on any atom is -0.469 e. The molecule has 0 unspecified atom stereocenters. The quantitative estimate of drug-likeness (QED) is 0.422. The molecule has 0 aliphatic carbocycles. The first-order chi connectivity index (χ1) is 11.0. The van der Waals surface area contributed by atoms with Crippen LogP contribution >= 0.6 is 11.9 Å². The molecule has 0 amide bonds. The van der Waals surface area contributed by atoms with Crippen LogP contribution in [0.15, 0.2) is 19.2 Å². The zero-order valence-electron chi connectivity index (χ0n) is 16.4. The second kappa shape index (κ2) is 16.9. The number of methoxy groups -OCH3 is 1. The zero-order valence-corrected chi connectivity index (χ0v) is 17.2. The molecule has 1 rings (SSSR count). The third-order valence-corrected chi connectivity index (χ3v) is 3.45. The summed E-state index contributed by atoms with van der Waals surface area (Å²) in [5, 5.41) is 0. The minimum absolute atomic E-state index is 0.197. The molecule has 0 aliphatic rings. The summed E-state index contributed by atoms with van der Waals surface area (Å²) in [6, 6.07) is 2.11. The van der Waals surface area contributed by atoms with Crippen LogP contribution in [-0.4, -0.2) is 19.3 Å². The fourth-order valence-corrected chi connectivity index (χ4v) is 2.24. The van der Waals surface area contributed by atoms with Gasteiger partial charge in [-0.25, -0.2) is 0 Å². The van der Waals surface area contributed by atoms with E-state index in [0.29, 0.717) is 6.42 Å². The molecule has 134 valence electrons. The number of benzene rings is 1. The molecule has 0 saturated carbocycles. The van der Waals surface area contributed by atoms with Gasteiger partial charge in [0.1, 0.15) is 0 Å². The molecule has 0 saturated heterocycles. The first-order valence-corrected chi connectivity index (χ1v) is 9.19. The maximum atomic E-state index is 11.4. The molecular formula is C19H35NO2S. The highest BCUT2D eigenvalue weighted by atomic mass is 32.2. The number of aryl methyl sites for hydroxylation is 1. The number of anilines is 1. The molecule has 0 spiro atoms. The molecule has 0 aromatic heterocycles. The van der Waals surface area contributed by atoms with E-state index in [0.717, 1.165) is 16.8 Å². The van der Waals surface area contributed by atoms with Crippen LogP contribution in [0.4, 0.5) is 5.69 Å². The topological polar surface area (TPSA) is 38.3 Å². The van der Waals surface area contributed by atoms with Crippen LogP contribution in [0.3, 0.4) is 0 Å². The van der Waals surface area contributed by atoms with Gasteiger partial charge in [0.2, 0.25) is 0 Å². The molecule has 4 heteroatoms. The Balaban J connectivity index is -0.000000595. The van der Waals surface area contributed by atoms with Crippen molar-refractivity contribution in [3.8, 4) is 0 Å². The summed E-state index contributed by atoms with van der Waals surface area (Å²) in [6.07, 6.45) is 2.31. The van der Waals surface area contributed by atoms with Gasteiger partial charge in [-0.3, -0.25) is 4.79 Å². The lowest BCUT2D eigenvalue weighted by atomic mass is 9.94. The number of esters is 1. The summed E-state index contributed by atoms with van der Waals surface area (Å²) < 4.78 is 7.98. The smallest absolute Gasteiger partial charge is 0.309 e. The number of rotatable bonds is 4. The SMILES string of the molecule is C=C.CC.CC.COC(=O)Cc1c(C)c(C)cc(NSC)c1C. The summed E-state index contributed by atoms with van der Waals surface area (Å²) >= 11 is 1.55. The molecule has 1 aromatic rings. The van der Waals surface area contributed by atoms with Crippen molar-refractivity contribution in [3.63, 3.8) is 0 Å². The predicted molar refractivity (Wildman–Crippen MR) is 107 cm³/mol. The molecule has 1 aromatic carbocycles. The first kappa shape index (κ1) is 26.5. The van der Waals surface area contributed by atoms with E-state index in [4.69, 9.17) is 4.74 Å². The highest BCUT2D eigenvalue weighted by Crippen LogP contribution is 2.27. The van der Waals surface area contributed by atoms with Gasteiger partial charge in [0.25, 0.3) is 0 Å². The maximum absolute atomic E-state index is 11.4. The van der Waals surface area contributed by atoms with Gasteiger partial charge in [0.05, 0.1) is 13.5 Å². The van der Waals surface area contributed by atoms with Crippen LogP contribution in [0.25, 0.3) is 0 Å². The van der Waals surface area contributed by atoms with Gasteiger partial charge in [-0.05, 0) is 49.1 Å². The van der Waals surface area contributed by atoms with Gasteiger partial charge in [0, 0.05) is 11.9 Å². The Morgan fingerprint density at radius 3 is 2.00 bits per heavy atom. The fourth-order valence-electron chi connectivity index (χ4n) is 1.81. The summed E-state index contributed by atoms with van der Waals surface area (Å²) in [5.41, 5.74) is 5.60. The number of nitrogens with one attached hydrogen (secondary N) is 1. The molecule has 1 N–H and O–H groups in total. The lowest BCUT2D eigenvalue weighted by molar-refractivity contribution is -0.139. The first-order valence-electron chi connectivity index (χ1n) is 7.96. The second-order valence-electron chi connectivity index (χ2n) is 4.03. The molecule has 0 bridgehead atoms. The Kier molecular flexibility index (Phi) is 19.5. The van der Waals surface area contributed by atoms with Crippen molar-refractivity contribution in [1.82, 2.24) is 0 Å². The molecule has 0 aliphatic heterocycles. The lowest BCUT2D eigenvalue weighted by Gasteiger charge is -2.16. The van der Waals surface area contributed by atoms with Crippen molar-refractivity contribution in [2.75, 3.05) is 18.1 Å². The maximum Gasteiger partial charge on any atom is 0.309 e. The summed E-state index contributed by atoms with van der Waals surface area (Å²) in [6.45, 7) is 20.1. The van der Waals surface area contributed by atoms with Crippen LogP contribution < -0.4 is 4.72 Å². The van der Waals surface area contributed by atoms with Gasteiger partial charge in [-0.2, -0.15) is 0 Å². The van der Waals surface area contributed by atoms with E-state index in [1.54, 1.807) is 11.9 Å². The van der Waals surface area contributed by atoms with Gasteiger partial charge in [0.15, 0.2) is 0 Å². The Bertz CT molecular complexity index is 445. The van der Waals surface area contributed by atoms with Gasteiger partial charge >= 0.3 is 5.97 Å². The third kappa shape index (κ3) is 9.34. The lowest BCUT2D eigenvalue weighted by Crippen LogP contribution is -2.09.